The van der Waals surface area contributed by atoms with Crippen LogP contribution >= 0.6 is 0 Å². The van der Waals surface area contributed by atoms with Crippen molar-refractivity contribution in [3.8, 4) is 0 Å². The van der Waals surface area contributed by atoms with Crippen LogP contribution in [0.2, 0.25) is 0 Å². The molecule has 0 fully saturated rings. The van der Waals surface area contributed by atoms with Crippen molar-refractivity contribution in [1.29, 1.82) is 0 Å². The van der Waals surface area contributed by atoms with Gasteiger partial charge in [-0.05, 0) is 61.4 Å². The zero-order valence-electron chi connectivity index (χ0n) is 12.6. The lowest BCUT2D eigenvalue weighted by atomic mass is 10.0. The summed E-state index contributed by atoms with van der Waals surface area (Å²) in [6.45, 7) is 4.02. The monoisotopic (exact) mass is 279 g/mol. The van der Waals surface area contributed by atoms with Gasteiger partial charge in [-0.2, -0.15) is 0 Å². The minimum atomic E-state index is 0.00102. The van der Waals surface area contributed by atoms with Gasteiger partial charge in [0.05, 0.1) is 6.04 Å². The average Bonchev–Trinajstić information content (AvgIpc) is 2.94. The average molecular weight is 279 g/mol. The van der Waals surface area contributed by atoms with Gasteiger partial charge in [0.25, 0.3) is 5.91 Å². The van der Waals surface area contributed by atoms with Crippen LogP contribution in [0, 0.1) is 6.92 Å². The first-order valence-corrected chi connectivity index (χ1v) is 7.63. The maximum atomic E-state index is 12.4. The van der Waals surface area contributed by atoms with Crippen molar-refractivity contribution >= 4 is 5.91 Å². The van der Waals surface area contributed by atoms with E-state index >= 15 is 0 Å². The molecule has 2 heteroatoms. The first-order chi connectivity index (χ1) is 10.1. The number of rotatable bonds is 3. The summed E-state index contributed by atoms with van der Waals surface area (Å²) in [5.41, 5.74) is 5.87. The highest BCUT2D eigenvalue weighted by Gasteiger charge is 2.16. The van der Waals surface area contributed by atoms with Gasteiger partial charge in [-0.25, -0.2) is 0 Å². The minimum absolute atomic E-state index is 0.00102. The Balaban J connectivity index is 1.76. The van der Waals surface area contributed by atoms with Crippen molar-refractivity contribution in [2.75, 3.05) is 0 Å². The molecule has 1 amide bonds. The Kier molecular flexibility index (Phi) is 3.78. The highest BCUT2D eigenvalue weighted by atomic mass is 16.1. The smallest absolute Gasteiger partial charge is 0.252 e. The number of aryl methyl sites for hydroxylation is 3. The molecule has 2 aromatic carbocycles. The summed E-state index contributed by atoms with van der Waals surface area (Å²) in [6.07, 6.45) is 3.62. The van der Waals surface area contributed by atoms with Crippen molar-refractivity contribution in [3.63, 3.8) is 0 Å². The topological polar surface area (TPSA) is 29.1 Å². The molecule has 1 unspecified atom stereocenters. The maximum Gasteiger partial charge on any atom is 0.252 e. The van der Waals surface area contributed by atoms with Crippen LogP contribution in [0.15, 0.2) is 42.5 Å². The molecule has 1 atom stereocenters. The van der Waals surface area contributed by atoms with Crippen LogP contribution in [0.1, 0.15) is 52.0 Å². The second-order valence-corrected chi connectivity index (χ2v) is 5.89. The van der Waals surface area contributed by atoms with E-state index in [0.717, 1.165) is 11.1 Å². The fourth-order valence-corrected chi connectivity index (χ4v) is 3.05. The fourth-order valence-electron chi connectivity index (χ4n) is 3.05. The van der Waals surface area contributed by atoms with Gasteiger partial charge in [-0.3, -0.25) is 4.79 Å². The molecule has 2 aromatic rings. The molecule has 108 valence electrons. The Morgan fingerprint density at radius 2 is 1.86 bits per heavy atom. The van der Waals surface area contributed by atoms with E-state index in [2.05, 4.69) is 23.5 Å². The lowest BCUT2D eigenvalue weighted by Crippen LogP contribution is -2.27. The second kappa shape index (κ2) is 5.72. The minimum Gasteiger partial charge on any atom is -0.346 e. The molecule has 2 nitrogen and oxygen atoms in total. The molecule has 0 saturated carbocycles. The second-order valence-electron chi connectivity index (χ2n) is 5.89. The number of carbonyl (C=O) groups excluding carboxylic acids is 1. The number of fused-ring (bicyclic) bond motifs is 1. The third-order valence-electron chi connectivity index (χ3n) is 4.36. The fraction of sp³-hybridized carbons (Fsp3) is 0.316. The van der Waals surface area contributed by atoms with Gasteiger partial charge in [0.15, 0.2) is 0 Å². The Labute approximate surface area is 126 Å². The van der Waals surface area contributed by atoms with Crippen LogP contribution in [0.25, 0.3) is 0 Å². The SMILES string of the molecule is Cc1ccccc1C(=O)NC(C)c1ccc2c(c1)CCC2. The van der Waals surface area contributed by atoms with Gasteiger partial charge in [0.1, 0.15) is 0 Å². The van der Waals surface area contributed by atoms with Crippen molar-refractivity contribution in [1.82, 2.24) is 5.32 Å². The number of benzene rings is 2. The van der Waals surface area contributed by atoms with Gasteiger partial charge in [0.2, 0.25) is 0 Å². The molecule has 1 N–H and O–H groups in total. The third kappa shape index (κ3) is 2.85. The van der Waals surface area contributed by atoms with Gasteiger partial charge < -0.3 is 5.32 Å². The Bertz CT molecular complexity index is 675. The summed E-state index contributed by atoms with van der Waals surface area (Å²) in [5.74, 6) is 0.00102. The first kappa shape index (κ1) is 13.9. The highest BCUT2D eigenvalue weighted by molar-refractivity contribution is 5.95. The number of hydrogen-bond acceptors (Lipinski definition) is 1. The molecule has 0 saturated heterocycles. The van der Waals surface area contributed by atoms with Crippen LogP contribution in [0.4, 0.5) is 0 Å². The zero-order valence-corrected chi connectivity index (χ0v) is 12.6. The van der Waals surface area contributed by atoms with E-state index in [4.69, 9.17) is 0 Å². The summed E-state index contributed by atoms with van der Waals surface area (Å²) in [6, 6.07) is 14.3. The maximum absolute atomic E-state index is 12.4. The van der Waals surface area contributed by atoms with Crippen LogP contribution in [-0.4, -0.2) is 5.91 Å². The van der Waals surface area contributed by atoms with E-state index in [1.807, 2.05) is 38.1 Å². The van der Waals surface area contributed by atoms with Gasteiger partial charge in [-0.1, -0.05) is 36.4 Å². The molecule has 0 aromatic heterocycles. The lowest BCUT2D eigenvalue weighted by Gasteiger charge is -2.16. The molecular formula is C19H21NO. The van der Waals surface area contributed by atoms with Crippen LogP contribution in [0.3, 0.4) is 0 Å². The molecule has 0 aliphatic heterocycles. The van der Waals surface area contributed by atoms with Gasteiger partial charge in [-0.15, -0.1) is 0 Å². The summed E-state index contributed by atoms with van der Waals surface area (Å²) < 4.78 is 0. The van der Waals surface area contributed by atoms with E-state index in [-0.39, 0.29) is 11.9 Å². The summed E-state index contributed by atoms with van der Waals surface area (Å²) >= 11 is 0. The Morgan fingerprint density at radius 1 is 1.10 bits per heavy atom. The van der Waals surface area contributed by atoms with Crippen molar-refractivity contribution < 1.29 is 4.79 Å². The number of amides is 1. The predicted molar refractivity (Wildman–Crippen MR) is 85.5 cm³/mol. The lowest BCUT2D eigenvalue weighted by molar-refractivity contribution is 0.0939. The normalized spacial score (nSPS) is 14.6. The largest absolute Gasteiger partial charge is 0.346 e. The summed E-state index contributed by atoms with van der Waals surface area (Å²) in [7, 11) is 0. The van der Waals surface area contributed by atoms with Crippen LogP contribution < -0.4 is 5.32 Å². The van der Waals surface area contributed by atoms with Crippen molar-refractivity contribution in [2.45, 2.75) is 39.2 Å². The van der Waals surface area contributed by atoms with Gasteiger partial charge in [0, 0.05) is 5.56 Å². The summed E-state index contributed by atoms with van der Waals surface area (Å²) in [5, 5.41) is 3.11. The van der Waals surface area contributed by atoms with Gasteiger partial charge >= 0.3 is 0 Å². The molecule has 0 spiro atoms. The standard InChI is InChI=1S/C19H21NO/c1-13-6-3-4-9-18(13)19(21)20-14(2)16-11-10-15-7-5-8-17(15)12-16/h3-4,6,9-12,14H,5,7-8H2,1-2H3,(H,20,21). The van der Waals surface area contributed by atoms with E-state index in [1.54, 1.807) is 0 Å². The number of hydrogen-bond donors (Lipinski definition) is 1. The predicted octanol–water partition coefficient (Wildman–Crippen LogP) is 3.97. The van der Waals surface area contributed by atoms with Crippen molar-refractivity contribution in [2.24, 2.45) is 0 Å². The molecule has 0 radical (unpaired) electrons. The van der Waals surface area contributed by atoms with Crippen molar-refractivity contribution in [3.05, 3.63) is 70.3 Å². The Morgan fingerprint density at radius 3 is 2.67 bits per heavy atom. The van der Waals surface area contributed by atoms with E-state index in [9.17, 15) is 4.79 Å². The molecule has 1 aliphatic carbocycles. The quantitative estimate of drug-likeness (QED) is 0.905. The summed E-state index contributed by atoms with van der Waals surface area (Å²) in [4.78, 5) is 12.4. The molecule has 1 aliphatic rings. The molecule has 3 rings (SSSR count). The molecular weight excluding hydrogens is 258 g/mol. The molecule has 0 bridgehead atoms. The zero-order chi connectivity index (χ0) is 14.8. The van der Waals surface area contributed by atoms with Crippen LogP contribution in [0.5, 0.6) is 0 Å². The highest BCUT2D eigenvalue weighted by Crippen LogP contribution is 2.25. The third-order valence-corrected chi connectivity index (χ3v) is 4.36. The van der Waals surface area contributed by atoms with E-state index < -0.39 is 0 Å². The number of carbonyl (C=O) groups is 1. The van der Waals surface area contributed by atoms with Crippen LogP contribution in [-0.2, 0) is 12.8 Å². The Hall–Kier alpha value is -2.09. The first-order valence-electron chi connectivity index (χ1n) is 7.63. The van der Waals surface area contributed by atoms with E-state index in [1.165, 1.54) is 36.0 Å². The molecule has 21 heavy (non-hydrogen) atoms. The number of nitrogens with one attached hydrogen (secondary N) is 1. The molecule has 0 heterocycles. The van der Waals surface area contributed by atoms with E-state index in [0.29, 0.717) is 0 Å².